The van der Waals surface area contributed by atoms with Crippen LogP contribution in [0.2, 0.25) is 10.0 Å². The Morgan fingerprint density at radius 3 is 2.19 bits per heavy atom. The van der Waals surface area contributed by atoms with Crippen LogP contribution < -0.4 is 10.6 Å². The van der Waals surface area contributed by atoms with E-state index in [1.807, 2.05) is 13.8 Å². The molecule has 0 saturated carbocycles. The van der Waals surface area contributed by atoms with Crippen LogP contribution in [0, 0.1) is 16.0 Å². The minimum atomic E-state index is -0.597. The molecule has 0 fully saturated rings. The summed E-state index contributed by atoms with van der Waals surface area (Å²) in [6.45, 7) is 4.21. The Morgan fingerprint density at radius 2 is 1.62 bits per heavy atom. The lowest BCUT2D eigenvalue weighted by molar-refractivity contribution is -0.383. The first-order chi connectivity index (χ1) is 15.2. The highest BCUT2D eigenvalue weighted by Gasteiger charge is 2.23. The van der Waals surface area contributed by atoms with Gasteiger partial charge in [0.1, 0.15) is 6.33 Å². The summed E-state index contributed by atoms with van der Waals surface area (Å²) in [4.78, 5) is 31.2. The van der Waals surface area contributed by atoms with Gasteiger partial charge in [-0.1, -0.05) is 37.0 Å². The topological polar surface area (TPSA) is 119 Å². The largest absolute Gasteiger partial charge is 0.462 e. The lowest BCUT2D eigenvalue weighted by atomic mass is 10.2. The molecule has 166 valence electrons. The van der Waals surface area contributed by atoms with Gasteiger partial charge in [0, 0.05) is 11.4 Å². The van der Waals surface area contributed by atoms with E-state index in [-0.39, 0.29) is 23.2 Å². The molecule has 0 aliphatic heterocycles. The van der Waals surface area contributed by atoms with Crippen LogP contribution in [0.1, 0.15) is 24.2 Å². The van der Waals surface area contributed by atoms with Gasteiger partial charge in [-0.15, -0.1) is 0 Å². The summed E-state index contributed by atoms with van der Waals surface area (Å²) >= 11 is 11.9. The smallest absolute Gasteiger partial charge is 0.353 e. The average Bonchev–Trinajstić information content (AvgIpc) is 2.75. The van der Waals surface area contributed by atoms with Crippen LogP contribution in [0.5, 0.6) is 0 Å². The molecule has 0 bridgehead atoms. The fourth-order valence-corrected chi connectivity index (χ4v) is 2.90. The Labute approximate surface area is 193 Å². The van der Waals surface area contributed by atoms with Crippen molar-refractivity contribution in [2.75, 3.05) is 17.2 Å². The van der Waals surface area contributed by atoms with Gasteiger partial charge in [-0.05, 0) is 48.4 Å². The maximum absolute atomic E-state index is 12.0. The average molecular weight is 476 g/mol. The number of ether oxygens (including phenoxy) is 1. The molecule has 0 aliphatic rings. The zero-order valence-corrected chi connectivity index (χ0v) is 18.6. The van der Waals surface area contributed by atoms with Crippen LogP contribution in [-0.4, -0.2) is 27.5 Å². The third-order valence-electron chi connectivity index (χ3n) is 4.12. The maximum Gasteiger partial charge on any atom is 0.353 e. The third kappa shape index (κ3) is 5.83. The van der Waals surface area contributed by atoms with Crippen LogP contribution >= 0.6 is 23.2 Å². The van der Waals surface area contributed by atoms with E-state index in [1.165, 1.54) is 12.4 Å². The predicted molar refractivity (Wildman–Crippen MR) is 123 cm³/mol. The zero-order valence-electron chi connectivity index (χ0n) is 17.1. The molecule has 0 amide bonds. The molecule has 0 radical (unpaired) electrons. The van der Waals surface area contributed by atoms with E-state index in [9.17, 15) is 14.9 Å². The Kier molecular flexibility index (Phi) is 7.45. The van der Waals surface area contributed by atoms with Gasteiger partial charge in [-0.3, -0.25) is 10.1 Å². The summed E-state index contributed by atoms with van der Waals surface area (Å²) in [6.07, 6.45) is 1.19. The molecule has 3 rings (SSSR count). The Bertz CT molecular complexity index is 1140. The van der Waals surface area contributed by atoms with Gasteiger partial charge in [-0.2, -0.15) is 0 Å². The number of nitrogens with one attached hydrogen (secondary N) is 2. The molecule has 2 aromatic carbocycles. The van der Waals surface area contributed by atoms with Gasteiger partial charge < -0.3 is 15.4 Å². The number of nitro groups is 1. The van der Waals surface area contributed by atoms with Crippen molar-refractivity contribution in [2.24, 2.45) is 5.92 Å². The fraction of sp³-hybridized carbons (Fsp3) is 0.190. The number of hydrogen-bond acceptors (Lipinski definition) is 8. The maximum atomic E-state index is 12.0. The van der Waals surface area contributed by atoms with Crippen molar-refractivity contribution < 1.29 is 14.5 Å². The zero-order chi connectivity index (χ0) is 23.3. The van der Waals surface area contributed by atoms with E-state index >= 15 is 0 Å². The van der Waals surface area contributed by atoms with Crippen LogP contribution in [0.4, 0.5) is 28.7 Å². The van der Waals surface area contributed by atoms with Crippen LogP contribution in [0.3, 0.4) is 0 Å². The normalized spacial score (nSPS) is 10.7. The SMILES string of the molecule is CC(C)COC(=O)c1ccc(Nc2ncnc(Nc3ccc(Cl)c(Cl)c3)c2[N+](=O)[O-])cc1. The van der Waals surface area contributed by atoms with Crippen molar-refractivity contribution in [1.29, 1.82) is 0 Å². The Hall–Kier alpha value is -3.43. The van der Waals surface area contributed by atoms with E-state index in [0.29, 0.717) is 33.6 Å². The molecule has 9 nitrogen and oxygen atoms in total. The summed E-state index contributed by atoms with van der Waals surface area (Å²) in [5.41, 5.74) is 0.971. The van der Waals surface area contributed by atoms with E-state index in [0.717, 1.165) is 0 Å². The van der Waals surface area contributed by atoms with Crippen LogP contribution in [0.25, 0.3) is 0 Å². The van der Waals surface area contributed by atoms with Gasteiger partial charge in [0.15, 0.2) is 0 Å². The summed E-state index contributed by atoms with van der Waals surface area (Å²) in [5.74, 6) is -0.265. The molecule has 0 spiro atoms. The number of rotatable bonds is 8. The molecule has 1 aromatic heterocycles. The molecule has 0 aliphatic carbocycles. The first-order valence-corrected chi connectivity index (χ1v) is 10.3. The highest BCUT2D eigenvalue weighted by Crippen LogP contribution is 2.34. The van der Waals surface area contributed by atoms with Crippen molar-refractivity contribution >= 4 is 57.9 Å². The Morgan fingerprint density at radius 1 is 1.03 bits per heavy atom. The quantitative estimate of drug-likeness (QED) is 0.231. The van der Waals surface area contributed by atoms with Crippen LogP contribution in [0.15, 0.2) is 48.8 Å². The summed E-state index contributed by atoms with van der Waals surface area (Å²) in [6, 6.07) is 11.0. The molecule has 11 heteroatoms. The van der Waals surface area contributed by atoms with Crippen molar-refractivity contribution in [3.63, 3.8) is 0 Å². The Balaban J connectivity index is 1.82. The summed E-state index contributed by atoms with van der Waals surface area (Å²) in [5, 5.41) is 18.1. The van der Waals surface area contributed by atoms with Crippen molar-refractivity contribution in [3.8, 4) is 0 Å². The summed E-state index contributed by atoms with van der Waals surface area (Å²) < 4.78 is 5.19. The number of carbonyl (C=O) groups is 1. The number of aromatic nitrogens is 2. The van der Waals surface area contributed by atoms with Gasteiger partial charge >= 0.3 is 11.7 Å². The van der Waals surface area contributed by atoms with E-state index in [4.69, 9.17) is 27.9 Å². The minimum absolute atomic E-state index is 0.0253. The van der Waals surface area contributed by atoms with E-state index in [2.05, 4.69) is 20.6 Å². The molecule has 0 saturated heterocycles. The second kappa shape index (κ2) is 10.3. The summed E-state index contributed by atoms with van der Waals surface area (Å²) in [7, 11) is 0. The number of anilines is 4. The number of carbonyl (C=O) groups excluding carboxylic acids is 1. The fourth-order valence-electron chi connectivity index (χ4n) is 2.60. The standard InChI is InChI=1S/C21H19Cl2N5O4/c1-12(2)10-32-21(29)13-3-5-14(6-4-13)26-19-18(28(30)31)20(25-11-24-19)27-15-7-8-16(22)17(23)9-15/h3-9,11-12H,10H2,1-2H3,(H2,24,25,26,27). The van der Waals surface area contributed by atoms with Crippen molar-refractivity contribution in [2.45, 2.75) is 13.8 Å². The number of benzene rings is 2. The van der Waals surface area contributed by atoms with Crippen LogP contribution in [-0.2, 0) is 4.74 Å². The van der Waals surface area contributed by atoms with Gasteiger partial charge in [-0.25, -0.2) is 14.8 Å². The molecule has 2 N–H and O–H groups in total. The molecule has 32 heavy (non-hydrogen) atoms. The number of halogens is 2. The highest BCUT2D eigenvalue weighted by atomic mass is 35.5. The van der Waals surface area contributed by atoms with E-state index < -0.39 is 10.9 Å². The van der Waals surface area contributed by atoms with Gasteiger partial charge in [0.2, 0.25) is 11.6 Å². The van der Waals surface area contributed by atoms with E-state index in [1.54, 1.807) is 36.4 Å². The first-order valence-electron chi connectivity index (χ1n) is 9.50. The minimum Gasteiger partial charge on any atom is -0.462 e. The van der Waals surface area contributed by atoms with Gasteiger partial charge in [0.05, 0.1) is 27.1 Å². The monoisotopic (exact) mass is 475 g/mol. The highest BCUT2D eigenvalue weighted by molar-refractivity contribution is 6.42. The molecule has 0 unspecified atom stereocenters. The number of esters is 1. The number of hydrogen-bond donors (Lipinski definition) is 2. The second-order valence-electron chi connectivity index (χ2n) is 7.13. The molecule has 1 heterocycles. The molecular weight excluding hydrogens is 457 g/mol. The second-order valence-corrected chi connectivity index (χ2v) is 7.94. The molecule has 0 atom stereocenters. The van der Waals surface area contributed by atoms with Crippen molar-refractivity contribution in [1.82, 2.24) is 9.97 Å². The van der Waals surface area contributed by atoms with Gasteiger partial charge in [0.25, 0.3) is 0 Å². The lowest BCUT2D eigenvalue weighted by Crippen LogP contribution is -2.10. The lowest BCUT2D eigenvalue weighted by Gasteiger charge is -2.11. The molecular formula is C21H19Cl2N5O4. The predicted octanol–water partition coefficient (Wildman–Crippen LogP) is 5.99. The number of nitrogens with zero attached hydrogens (tertiary/aromatic N) is 3. The van der Waals surface area contributed by atoms with Crippen molar-refractivity contribution in [3.05, 3.63) is 74.5 Å². The third-order valence-corrected chi connectivity index (χ3v) is 4.86. The molecule has 3 aromatic rings. The first kappa shape index (κ1) is 23.2.